The fourth-order valence-electron chi connectivity index (χ4n) is 1.04. The zero-order valence-electron chi connectivity index (χ0n) is 8.01. The van der Waals surface area contributed by atoms with Crippen LogP contribution in [0.3, 0.4) is 0 Å². The average Bonchev–Trinajstić information content (AvgIpc) is 2.16. The SMILES string of the molecule is CONS(=O)(=O)c1cccc(F)c1[N+](=O)[O-]. The van der Waals surface area contributed by atoms with Crippen molar-refractivity contribution in [2.45, 2.75) is 4.90 Å². The number of nitrogens with zero attached hydrogens (tertiary/aromatic N) is 1. The minimum Gasteiger partial charge on any atom is -0.290 e. The number of nitro benzene ring substituents is 1. The standard InChI is InChI=1S/C7H7FN2O5S/c1-15-9-16(13,14)6-4-2-3-5(8)7(6)10(11)12/h2-4,9H,1H3. The molecule has 1 aromatic rings. The number of hydrogen-bond donors (Lipinski definition) is 1. The lowest BCUT2D eigenvalue weighted by molar-refractivity contribution is -0.390. The molecular formula is C7H7FN2O5S. The highest BCUT2D eigenvalue weighted by molar-refractivity contribution is 7.89. The molecule has 0 aliphatic carbocycles. The van der Waals surface area contributed by atoms with E-state index >= 15 is 0 Å². The lowest BCUT2D eigenvalue weighted by atomic mass is 10.3. The first-order valence-corrected chi connectivity index (χ1v) is 5.36. The molecule has 0 spiro atoms. The zero-order valence-corrected chi connectivity index (χ0v) is 8.82. The van der Waals surface area contributed by atoms with Crippen LogP contribution < -0.4 is 4.89 Å². The van der Waals surface area contributed by atoms with Gasteiger partial charge in [-0.1, -0.05) is 11.0 Å². The van der Waals surface area contributed by atoms with Crippen LogP contribution >= 0.6 is 0 Å². The fourth-order valence-corrected chi connectivity index (χ4v) is 2.04. The lowest BCUT2D eigenvalue weighted by Gasteiger charge is -2.04. The third-order valence-corrected chi connectivity index (χ3v) is 2.91. The van der Waals surface area contributed by atoms with Gasteiger partial charge in [-0.3, -0.25) is 15.0 Å². The Labute approximate surface area is 90.0 Å². The van der Waals surface area contributed by atoms with E-state index in [2.05, 4.69) is 4.84 Å². The molecule has 0 heterocycles. The van der Waals surface area contributed by atoms with Crippen LogP contribution in [0.4, 0.5) is 10.1 Å². The molecule has 0 atom stereocenters. The second kappa shape index (κ2) is 4.51. The van der Waals surface area contributed by atoms with Gasteiger partial charge in [0.1, 0.15) is 0 Å². The van der Waals surface area contributed by atoms with E-state index in [1.807, 2.05) is 0 Å². The summed E-state index contributed by atoms with van der Waals surface area (Å²) in [6.45, 7) is 0. The minimum absolute atomic E-state index is 0.792. The van der Waals surface area contributed by atoms with Crippen molar-refractivity contribution in [2.75, 3.05) is 7.11 Å². The molecule has 7 nitrogen and oxygen atoms in total. The number of para-hydroxylation sites is 1. The van der Waals surface area contributed by atoms with Crippen molar-refractivity contribution in [1.29, 1.82) is 0 Å². The van der Waals surface area contributed by atoms with Gasteiger partial charge in [0.05, 0.1) is 12.0 Å². The molecule has 0 saturated heterocycles. The Kier molecular flexibility index (Phi) is 3.52. The topological polar surface area (TPSA) is 98.5 Å². The van der Waals surface area contributed by atoms with Crippen molar-refractivity contribution in [3.8, 4) is 0 Å². The van der Waals surface area contributed by atoms with Gasteiger partial charge in [0.25, 0.3) is 10.0 Å². The molecule has 88 valence electrons. The van der Waals surface area contributed by atoms with E-state index in [1.54, 1.807) is 4.89 Å². The summed E-state index contributed by atoms with van der Waals surface area (Å²) in [5.41, 5.74) is -1.12. The predicted octanol–water partition coefficient (Wildman–Crippen LogP) is 0.574. The Balaban J connectivity index is 3.46. The van der Waals surface area contributed by atoms with E-state index < -0.39 is 31.3 Å². The van der Waals surface area contributed by atoms with Crippen molar-refractivity contribution in [1.82, 2.24) is 4.89 Å². The molecular weight excluding hydrogens is 243 g/mol. The predicted molar refractivity (Wildman–Crippen MR) is 50.4 cm³/mol. The van der Waals surface area contributed by atoms with Crippen LogP contribution in [0.25, 0.3) is 0 Å². The van der Waals surface area contributed by atoms with Gasteiger partial charge in [-0.05, 0) is 12.1 Å². The van der Waals surface area contributed by atoms with Crippen LogP contribution in [-0.2, 0) is 14.9 Å². The van der Waals surface area contributed by atoms with Gasteiger partial charge in [-0.15, -0.1) is 0 Å². The number of nitro groups is 1. The molecule has 1 N–H and O–H groups in total. The van der Waals surface area contributed by atoms with Crippen LogP contribution in [0.2, 0.25) is 0 Å². The average molecular weight is 250 g/mol. The molecule has 0 radical (unpaired) electrons. The molecule has 0 saturated carbocycles. The number of nitrogens with one attached hydrogen (secondary N) is 1. The van der Waals surface area contributed by atoms with Gasteiger partial charge < -0.3 is 0 Å². The normalized spacial score (nSPS) is 11.4. The molecule has 16 heavy (non-hydrogen) atoms. The van der Waals surface area contributed by atoms with E-state index in [0.29, 0.717) is 0 Å². The summed E-state index contributed by atoms with van der Waals surface area (Å²) >= 11 is 0. The highest BCUT2D eigenvalue weighted by atomic mass is 32.2. The van der Waals surface area contributed by atoms with Crippen LogP contribution in [0, 0.1) is 15.9 Å². The van der Waals surface area contributed by atoms with Gasteiger partial charge >= 0.3 is 5.69 Å². The third kappa shape index (κ3) is 2.32. The van der Waals surface area contributed by atoms with E-state index in [9.17, 15) is 22.9 Å². The van der Waals surface area contributed by atoms with Crippen LogP contribution in [0.1, 0.15) is 0 Å². The van der Waals surface area contributed by atoms with Crippen molar-refractivity contribution >= 4 is 15.7 Å². The molecule has 0 fully saturated rings. The van der Waals surface area contributed by atoms with Crippen molar-refractivity contribution in [2.24, 2.45) is 0 Å². The molecule has 0 aromatic heterocycles. The molecule has 0 unspecified atom stereocenters. The Hall–Kier alpha value is -1.58. The largest absolute Gasteiger partial charge is 0.324 e. The molecule has 1 rings (SSSR count). The summed E-state index contributed by atoms with van der Waals surface area (Å²) in [6, 6.07) is 2.75. The molecule has 1 aromatic carbocycles. The van der Waals surface area contributed by atoms with Gasteiger partial charge in [0.2, 0.25) is 5.82 Å². The second-order valence-electron chi connectivity index (χ2n) is 2.63. The Morgan fingerprint density at radius 3 is 2.62 bits per heavy atom. The number of sulfonamides is 1. The molecule has 9 heteroatoms. The van der Waals surface area contributed by atoms with Gasteiger partial charge in [0.15, 0.2) is 4.90 Å². The van der Waals surface area contributed by atoms with Crippen LogP contribution in [0.15, 0.2) is 23.1 Å². The smallest absolute Gasteiger partial charge is 0.290 e. The summed E-state index contributed by atoms with van der Waals surface area (Å²) in [6.07, 6.45) is 0. The maximum Gasteiger partial charge on any atom is 0.324 e. The molecule has 0 aliphatic heterocycles. The quantitative estimate of drug-likeness (QED) is 0.622. The van der Waals surface area contributed by atoms with Crippen molar-refractivity contribution in [3.63, 3.8) is 0 Å². The zero-order chi connectivity index (χ0) is 12.3. The van der Waals surface area contributed by atoms with Crippen LogP contribution in [-0.4, -0.2) is 20.5 Å². The maximum absolute atomic E-state index is 13.1. The number of halogens is 1. The number of benzene rings is 1. The summed E-state index contributed by atoms with van der Waals surface area (Å²) in [4.78, 5) is 14.3. The first kappa shape index (κ1) is 12.5. The first-order valence-electron chi connectivity index (χ1n) is 3.88. The number of hydrogen-bond acceptors (Lipinski definition) is 5. The lowest BCUT2D eigenvalue weighted by Crippen LogP contribution is -2.23. The maximum atomic E-state index is 13.1. The van der Waals surface area contributed by atoms with Crippen molar-refractivity contribution < 1.29 is 22.6 Å². The molecule has 0 amide bonds. The minimum atomic E-state index is -4.26. The highest BCUT2D eigenvalue weighted by Crippen LogP contribution is 2.26. The third-order valence-electron chi connectivity index (χ3n) is 1.61. The first-order chi connectivity index (χ1) is 7.40. The van der Waals surface area contributed by atoms with Crippen molar-refractivity contribution in [3.05, 3.63) is 34.1 Å². The van der Waals surface area contributed by atoms with Crippen LogP contribution in [0.5, 0.6) is 0 Å². The monoisotopic (exact) mass is 250 g/mol. The van der Waals surface area contributed by atoms with E-state index in [0.717, 1.165) is 25.3 Å². The summed E-state index contributed by atoms with van der Waals surface area (Å²) < 4.78 is 35.9. The molecule has 0 bridgehead atoms. The summed E-state index contributed by atoms with van der Waals surface area (Å²) in [5, 5.41) is 10.5. The van der Waals surface area contributed by atoms with Gasteiger partial charge in [-0.25, -0.2) is 8.42 Å². The van der Waals surface area contributed by atoms with E-state index in [1.165, 1.54) is 0 Å². The van der Waals surface area contributed by atoms with Gasteiger partial charge in [0, 0.05) is 0 Å². The van der Waals surface area contributed by atoms with E-state index in [4.69, 9.17) is 0 Å². The fraction of sp³-hybridized carbons (Fsp3) is 0.143. The summed E-state index contributed by atoms with van der Waals surface area (Å²) in [7, 11) is -3.25. The van der Waals surface area contributed by atoms with E-state index in [-0.39, 0.29) is 0 Å². The van der Waals surface area contributed by atoms with Gasteiger partial charge in [-0.2, -0.15) is 4.39 Å². The Morgan fingerprint density at radius 2 is 2.12 bits per heavy atom. The molecule has 0 aliphatic rings. The highest BCUT2D eigenvalue weighted by Gasteiger charge is 2.29. The summed E-state index contributed by atoms with van der Waals surface area (Å²) in [5.74, 6) is -1.23. The Bertz CT molecular complexity index is 516. The Morgan fingerprint density at radius 1 is 1.50 bits per heavy atom. The second-order valence-corrected chi connectivity index (χ2v) is 4.25. The number of rotatable bonds is 4.